The molecule has 6 aromatic rings. The van der Waals surface area contributed by atoms with Crippen LogP contribution in [-0.2, 0) is 17.9 Å². The second-order valence-electron chi connectivity index (χ2n) is 16.2. The summed E-state index contributed by atoms with van der Waals surface area (Å²) in [5.74, 6) is 0.914. The van der Waals surface area contributed by atoms with Crippen molar-refractivity contribution in [2.75, 3.05) is 39.3 Å². The summed E-state index contributed by atoms with van der Waals surface area (Å²) in [6.07, 6.45) is 1.37. The lowest BCUT2D eigenvalue weighted by atomic mass is 9.86. The van der Waals surface area contributed by atoms with E-state index < -0.39 is 18.2 Å². The number of aromatic nitrogens is 1. The maximum atomic E-state index is 14.0. The summed E-state index contributed by atoms with van der Waals surface area (Å²) >= 11 is 0. The molecule has 4 heterocycles. The van der Waals surface area contributed by atoms with Crippen molar-refractivity contribution in [3.8, 4) is 11.5 Å². The number of phenolic OH excluding ortho intramolecular Hbond substituents is 1. The van der Waals surface area contributed by atoms with Gasteiger partial charge in [-0.1, -0.05) is 91.0 Å². The van der Waals surface area contributed by atoms with E-state index in [1.54, 1.807) is 12.1 Å². The molecule has 3 fully saturated rings. The monoisotopic (exact) mass is 835 g/mol. The van der Waals surface area contributed by atoms with Crippen molar-refractivity contribution < 1.29 is 29.3 Å². The van der Waals surface area contributed by atoms with Gasteiger partial charge in [0.25, 0.3) is 5.91 Å². The number of nitrogens with zero attached hydrogens (tertiary/aromatic N) is 2. The first-order chi connectivity index (χ1) is 30.3. The summed E-state index contributed by atoms with van der Waals surface area (Å²) in [6, 6.07) is 40.6. The number of rotatable bonds is 17. The van der Waals surface area contributed by atoms with Gasteiger partial charge in [0.2, 0.25) is 5.56 Å². The van der Waals surface area contributed by atoms with Crippen LogP contribution in [0.2, 0.25) is 0 Å². The molecule has 2 bridgehead atoms. The summed E-state index contributed by atoms with van der Waals surface area (Å²) in [4.78, 5) is 45.9. The number of hydrogen-bond acceptors (Lipinski definition) is 9. The van der Waals surface area contributed by atoms with Crippen molar-refractivity contribution in [2.24, 2.45) is 5.92 Å². The topological polar surface area (TPSA) is 156 Å². The number of phenols is 1. The number of amides is 2. The number of benzene rings is 5. The van der Waals surface area contributed by atoms with E-state index in [0.29, 0.717) is 54.2 Å². The minimum Gasteiger partial charge on any atom is -0.506 e. The standard InChI is InChI=1S/C50H53N5O7/c56-43-21-19-41(42-20-22-46(58)52-48(42)43)44(57)30-51-25-8-26-55(31-34-9-3-1-4-10-34)49(59)38-17-15-35(16-18-38)33-61-40-14-7-13-39(29-40)47(37-11-5-2-6-12-37)53-50(60)62-45-32-54-27-23-36(45)24-28-54/h1-7,9-22,29,36,44-45,47,51,56-57H,8,23-28,30-33H2,(H,52,58)(H,53,60). The van der Waals surface area contributed by atoms with Crippen molar-refractivity contribution in [3.05, 3.63) is 177 Å². The number of aromatic amines is 1. The number of pyridine rings is 1. The molecule has 3 atom stereocenters. The number of aromatic hydroxyl groups is 1. The number of alkyl carbamates (subject to hydrolysis) is 1. The Bertz CT molecular complexity index is 2490. The zero-order valence-electron chi connectivity index (χ0n) is 34.6. The second-order valence-corrected chi connectivity index (χ2v) is 16.2. The number of nitrogens with one attached hydrogen (secondary N) is 3. The first-order valence-electron chi connectivity index (χ1n) is 21.4. The van der Waals surface area contributed by atoms with E-state index in [1.165, 1.54) is 12.1 Å². The van der Waals surface area contributed by atoms with Crippen LogP contribution in [0.1, 0.15) is 69.6 Å². The Morgan fingerprint density at radius 3 is 2.32 bits per heavy atom. The van der Waals surface area contributed by atoms with E-state index in [0.717, 1.165) is 54.7 Å². The number of ether oxygens (including phenoxy) is 2. The van der Waals surface area contributed by atoms with Gasteiger partial charge in [-0.25, -0.2) is 4.79 Å². The maximum Gasteiger partial charge on any atom is 0.408 e. The van der Waals surface area contributed by atoms with Crippen molar-refractivity contribution >= 4 is 22.9 Å². The van der Waals surface area contributed by atoms with Crippen molar-refractivity contribution in [1.29, 1.82) is 0 Å². The van der Waals surface area contributed by atoms with Gasteiger partial charge in [-0.2, -0.15) is 0 Å². The van der Waals surface area contributed by atoms with Gasteiger partial charge >= 0.3 is 6.09 Å². The highest BCUT2D eigenvalue weighted by atomic mass is 16.6. The van der Waals surface area contributed by atoms with Gasteiger partial charge in [-0.3, -0.25) is 14.5 Å². The predicted molar refractivity (Wildman–Crippen MR) is 238 cm³/mol. The molecule has 3 unspecified atom stereocenters. The lowest BCUT2D eigenvalue weighted by molar-refractivity contribution is -0.0336. The molecule has 62 heavy (non-hydrogen) atoms. The Labute approximate surface area is 361 Å². The smallest absolute Gasteiger partial charge is 0.408 e. The first kappa shape index (κ1) is 42.2. The average molecular weight is 836 g/mol. The third-order valence-electron chi connectivity index (χ3n) is 11.9. The normalized spacial score (nSPS) is 17.9. The van der Waals surface area contributed by atoms with Crippen molar-refractivity contribution in [1.82, 2.24) is 25.4 Å². The van der Waals surface area contributed by atoms with Crippen LogP contribution < -0.4 is 20.9 Å². The fourth-order valence-corrected chi connectivity index (χ4v) is 8.56. The van der Waals surface area contributed by atoms with Gasteiger partial charge in [0.1, 0.15) is 24.2 Å². The summed E-state index contributed by atoms with van der Waals surface area (Å²) in [6.45, 7) is 4.95. The third-order valence-corrected chi connectivity index (χ3v) is 11.9. The van der Waals surface area contributed by atoms with Gasteiger partial charge in [-0.05, 0) is 109 Å². The molecule has 3 aliphatic heterocycles. The molecular formula is C50H53N5O7. The Morgan fingerprint density at radius 2 is 1.58 bits per heavy atom. The molecule has 5 aromatic carbocycles. The van der Waals surface area contributed by atoms with E-state index in [2.05, 4.69) is 20.5 Å². The summed E-state index contributed by atoms with van der Waals surface area (Å²) in [5.41, 5.74) is 4.83. The van der Waals surface area contributed by atoms with Gasteiger partial charge in [0.15, 0.2) is 0 Å². The summed E-state index contributed by atoms with van der Waals surface area (Å²) < 4.78 is 12.3. The molecule has 5 N–H and O–H groups in total. The highest BCUT2D eigenvalue weighted by molar-refractivity contribution is 5.94. The van der Waals surface area contributed by atoms with Crippen LogP contribution in [0.15, 0.2) is 138 Å². The third kappa shape index (κ3) is 10.5. The maximum absolute atomic E-state index is 14.0. The highest BCUT2D eigenvalue weighted by Gasteiger charge is 2.37. The molecule has 0 radical (unpaired) electrons. The fourth-order valence-electron chi connectivity index (χ4n) is 8.56. The number of fused-ring (bicyclic) bond motifs is 4. The van der Waals surface area contributed by atoms with Crippen LogP contribution in [0.5, 0.6) is 11.5 Å². The Hall–Kier alpha value is -6.47. The van der Waals surface area contributed by atoms with Gasteiger partial charge in [0, 0.05) is 43.2 Å². The highest BCUT2D eigenvalue weighted by Crippen LogP contribution is 2.31. The molecule has 0 spiro atoms. The zero-order chi connectivity index (χ0) is 42.8. The van der Waals surface area contributed by atoms with Gasteiger partial charge in [0.05, 0.1) is 17.7 Å². The van der Waals surface area contributed by atoms with E-state index >= 15 is 0 Å². The number of carbonyl (C=O) groups excluding carboxylic acids is 2. The number of aliphatic hydroxyl groups is 1. The Kier molecular flexibility index (Phi) is 13.6. The molecule has 9 rings (SSSR count). The second kappa shape index (κ2) is 19.9. The molecule has 12 heteroatoms. The minimum atomic E-state index is -0.879. The molecule has 3 aliphatic rings. The quantitative estimate of drug-likeness (QED) is 0.0607. The van der Waals surface area contributed by atoms with Crippen molar-refractivity contribution in [2.45, 2.75) is 50.7 Å². The fraction of sp³-hybridized carbons (Fsp3) is 0.300. The molecule has 3 saturated heterocycles. The van der Waals surface area contributed by atoms with Crippen LogP contribution >= 0.6 is 0 Å². The molecule has 1 aromatic heterocycles. The van der Waals surface area contributed by atoms with Gasteiger partial charge < -0.3 is 40.2 Å². The lowest BCUT2D eigenvalue weighted by Gasteiger charge is -2.43. The van der Waals surface area contributed by atoms with E-state index in [4.69, 9.17) is 9.47 Å². The molecule has 0 aliphatic carbocycles. The minimum absolute atomic E-state index is 0.0591. The van der Waals surface area contributed by atoms with Crippen LogP contribution in [-0.4, -0.2) is 82.4 Å². The van der Waals surface area contributed by atoms with E-state index in [1.807, 2.05) is 114 Å². The number of carbonyl (C=O) groups is 2. The molecule has 2 amide bonds. The Balaban J connectivity index is 0.869. The summed E-state index contributed by atoms with van der Waals surface area (Å²) in [7, 11) is 0. The number of aliphatic hydroxyl groups excluding tert-OH is 1. The number of hydrogen-bond donors (Lipinski definition) is 5. The average Bonchev–Trinajstić information content (AvgIpc) is 3.31. The van der Waals surface area contributed by atoms with Crippen LogP contribution in [0.4, 0.5) is 4.79 Å². The molecule has 320 valence electrons. The SMILES string of the molecule is O=C(NC(c1ccccc1)c1cccc(OCc2ccc(C(=O)N(CCCNCC(O)c3ccc(O)c4[nH]c(=O)ccc34)Cc3ccccc3)cc2)c1)OC1CN2CCC1CC2. The molecule has 12 nitrogen and oxygen atoms in total. The van der Waals surface area contributed by atoms with Gasteiger partial charge in [-0.15, -0.1) is 0 Å². The zero-order valence-corrected chi connectivity index (χ0v) is 34.6. The summed E-state index contributed by atoms with van der Waals surface area (Å²) in [5, 5.41) is 28.2. The van der Waals surface area contributed by atoms with Crippen molar-refractivity contribution in [3.63, 3.8) is 0 Å². The number of H-pyrrole nitrogens is 1. The molecule has 0 saturated carbocycles. The largest absolute Gasteiger partial charge is 0.506 e. The number of piperidine rings is 3. The molecular weight excluding hydrogens is 783 g/mol. The van der Waals surface area contributed by atoms with Crippen LogP contribution in [0.3, 0.4) is 0 Å². The van der Waals surface area contributed by atoms with E-state index in [-0.39, 0.29) is 42.0 Å². The first-order valence-corrected chi connectivity index (χ1v) is 21.4. The van der Waals surface area contributed by atoms with E-state index in [9.17, 15) is 24.6 Å². The predicted octanol–water partition coefficient (Wildman–Crippen LogP) is 7.08. The van der Waals surface area contributed by atoms with Crippen LogP contribution in [0, 0.1) is 5.92 Å². The Morgan fingerprint density at radius 1 is 0.839 bits per heavy atom. The lowest BCUT2D eigenvalue weighted by Crippen LogP contribution is -2.52. The van der Waals surface area contributed by atoms with Crippen LogP contribution in [0.25, 0.3) is 10.9 Å².